The molecule has 0 bridgehead atoms. The van der Waals surface area contributed by atoms with Gasteiger partial charge in [0.15, 0.2) is 0 Å². The standard InChI is InChI=1S/C14H25NO/c1-15-12-10-13(14(12)8-4-5-9-14)16-11-6-2-3-7-11/h11-13,15H,2-10H2,1H3. The molecule has 0 amide bonds. The van der Waals surface area contributed by atoms with Crippen LogP contribution in [0.5, 0.6) is 0 Å². The average Bonchev–Trinajstić information content (AvgIpc) is 2.94. The largest absolute Gasteiger partial charge is 0.374 e. The normalized spacial score (nSPS) is 38.1. The van der Waals surface area contributed by atoms with Crippen LogP contribution >= 0.6 is 0 Å². The Morgan fingerprint density at radius 1 is 1.06 bits per heavy atom. The maximum Gasteiger partial charge on any atom is 0.0665 e. The van der Waals surface area contributed by atoms with Crippen LogP contribution in [0.1, 0.15) is 57.8 Å². The van der Waals surface area contributed by atoms with Crippen LogP contribution in [0.15, 0.2) is 0 Å². The van der Waals surface area contributed by atoms with Gasteiger partial charge in [-0.3, -0.25) is 0 Å². The molecule has 2 atom stereocenters. The molecule has 2 nitrogen and oxygen atoms in total. The number of hydrogen-bond acceptors (Lipinski definition) is 2. The molecule has 2 unspecified atom stereocenters. The molecular weight excluding hydrogens is 198 g/mol. The first-order valence-electron chi connectivity index (χ1n) is 7.18. The zero-order valence-corrected chi connectivity index (χ0v) is 10.5. The van der Waals surface area contributed by atoms with E-state index in [1.807, 2.05) is 0 Å². The molecule has 3 rings (SSSR count). The van der Waals surface area contributed by atoms with E-state index in [2.05, 4.69) is 12.4 Å². The van der Waals surface area contributed by atoms with Crippen LogP contribution < -0.4 is 5.32 Å². The summed E-state index contributed by atoms with van der Waals surface area (Å²) in [5.74, 6) is 0. The highest BCUT2D eigenvalue weighted by molar-refractivity contribution is 5.09. The van der Waals surface area contributed by atoms with Gasteiger partial charge in [0.25, 0.3) is 0 Å². The molecule has 3 fully saturated rings. The predicted octanol–water partition coefficient (Wildman–Crippen LogP) is 2.87. The molecule has 3 aliphatic carbocycles. The van der Waals surface area contributed by atoms with Gasteiger partial charge >= 0.3 is 0 Å². The van der Waals surface area contributed by atoms with E-state index < -0.39 is 0 Å². The van der Waals surface area contributed by atoms with Crippen LogP contribution in [-0.4, -0.2) is 25.3 Å². The first-order chi connectivity index (χ1) is 7.85. The van der Waals surface area contributed by atoms with Crippen LogP contribution in [0.2, 0.25) is 0 Å². The summed E-state index contributed by atoms with van der Waals surface area (Å²) in [6, 6.07) is 0.737. The van der Waals surface area contributed by atoms with E-state index >= 15 is 0 Å². The second-order valence-electron chi connectivity index (χ2n) is 6.05. The molecule has 0 aromatic heterocycles. The van der Waals surface area contributed by atoms with E-state index in [0.29, 0.717) is 17.6 Å². The van der Waals surface area contributed by atoms with Crippen molar-refractivity contribution in [1.82, 2.24) is 5.32 Å². The van der Waals surface area contributed by atoms with Crippen LogP contribution in [0, 0.1) is 5.41 Å². The highest BCUT2D eigenvalue weighted by atomic mass is 16.5. The van der Waals surface area contributed by atoms with Gasteiger partial charge in [-0.2, -0.15) is 0 Å². The molecule has 16 heavy (non-hydrogen) atoms. The van der Waals surface area contributed by atoms with Crippen molar-refractivity contribution in [3.05, 3.63) is 0 Å². The summed E-state index contributed by atoms with van der Waals surface area (Å²) >= 11 is 0. The zero-order valence-electron chi connectivity index (χ0n) is 10.5. The molecule has 1 spiro atoms. The molecule has 92 valence electrons. The Morgan fingerprint density at radius 3 is 2.38 bits per heavy atom. The predicted molar refractivity (Wildman–Crippen MR) is 65.5 cm³/mol. The smallest absolute Gasteiger partial charge is 0.0665 e. The minimum Gasteiger partial charge on any atom is -0.374 e. The van der Waals surface area contributed by atoms with Gasteiger partial charge in [0.05, 0.1) is 12.2 Å². The van der Waals surface area contributed by atoms with Gasteiger partial charge in [-0.05, 0) is 39.2 Å². The van der Waals surface area contributed by atoms with Gasteiger partial charge < -0.3 is 10.1 Å². The molecule has 0 aliphatic heterocycles. The van der Waals surface area contributed by atoms with Gasteiger partial charge in [0, 0.05) is 11.5 Å². The lowest BCUT2D eigenvalue weighted by molar-refractivity contribution is -0.157. The fourth-order valence-electron chi connectivity index (χ4n) is 4.30. The quantitative estimate of drug-likeness (QED) is 0.794. The molecular formula is C14H25NO. The van der Waals surface area contributed by atoms with Gasteiger partial charge in [-0.1, -0.05) is 25.7 Å². The van der Waals surface area contributed by atoms with Gasteiger partial charge in [-0.25, -0.2) is 0 Å². The van der Waals surface area contributed by atoms with Crippen molar-refractivity contribution in [2.24, 2.45) is 5.41 Å². The Bertz CT molecular complexity index is 241. The van der Waals surface area contributed by atoms with Crippen LogP contribution in [0.3, 0.4) is 0 Å². The fourth-order valence-corrected chi connectivity index (χ4v) is 4.30. The lowest BCUT2D eigenvalue weighted by atomic mass is 9.60. The molecule has 0 radical (unpaired) electrons. The fraction of sp³-hybridized carbons (Fsp3) is 1.00. The Balaban J connectivity index is 1.62. The maximum absolute atomic E-state index is 6.38. The van der Waals surface area contributed by atoms with Crippen molar-refractivity contribution in [3.8, 4) is 0 Å². The van der Waals surface area contributed by atoms with Crippen molar-refractivity contribution in [2.45, 2.75) is 76.0 Å². The number of ether oxygens (including phenoxy) is 1. The van der Waals surface area contributed by atoms with Crippen molar-refractivity contribution in [1.29, 1.82) is 0 Å². The lowest BCUT2D eigenvalue weighted by Crippen LogP contribution is -2.62. The Kier molecular flexibility index (Phi) is 2.97. The molecule has 0 heterocycles. The number of nitrogens with one attached hydrogen (secondary N) is 1. The molecule has 3 saturated carbocycles. The summed E-state index contributed by atoms with van der Waals surface area (Å²) < 4.78 is 6.38. The molecule has 3 aliphatic rings. The van der Waals surface area contributed by atoms with Crippen molar-refractivity contribution < 1.29 is 4.74 Å². The third kappa shape index (κ3) is 1.62. The van der Waals surface area contributed by atoms with Crippen molar-refractivity contribution in [2.75, 3.05) is 7.05 Å². The van der Waals surface area contributed by atoms with E-state index in [4.69, 9.17) is 4.74 Å². The van der Waals surface area contributed by atoms with Gasteiger partial charge in [-0.15, -0.1) is 0 Å². The zero-order chi connectivity index (χ0) is 11.0. The van der Waals surface area contributed by atoms with E-state index in [9.17, 15) is 0 Å². The van der Waals surface area contributed by atoms with Crippen molar-refractivity contribution >= 4 is 0 Å². The van der Waals surface area contributed by atoms with Crippen molar-refractivity contribution in [3.63, 3.8) is 0 Å². The third-order valence-corrected chi connectivity index (χ3v) is 5.33. The molecule has 2 heteroatoms. The Morgan fingerprint density at radius 2 is 1.75 bits per heavy atom. The summed E-state index contributed by atoms with van der Waals surface area (Å²) in [5, 5.41) is 3.51. The van der Waals surface area contributed by atoms with Crippen LogP contribution in [0.25, 0.3) is 0 Å². The highest BCUT2D eigenvalue weighted by Gasteiger charge is 2.56. The minimum atomic E-state index is 0.525. The Labute approximate surface area is 99.1 Å². The number of rotatable bonds is 3. The van der Waals surface area contributed by atoms with E-state index in [-0.39, 0.29) is 0 Å². The molecule has 0 aromatic carbocycles. The summed E-state index contributed by atoms with van der Waals surface area (Å²) in [7, 11) is 2.12. The van der Waals surface area contributed by atoms with E-state index in [1.165, 1.54) is 57.8 Å². The summed E-state index contributed by atoms with van der Waals surface area (Å²) in [5.41, 5.74) is 0.525. The minimum absolute atomic E-state index is 0.525. The first-order valence-corrected chi connectivity index (χ1v) is 7.18. The van der Waals surface area contributed by atoms with E-state index in [0.717, 1.165) is 6.04 Å². The lowest BCUT2D eigenvalue weighted by Gasteiger charge is -2.54. The second-order valence-corrected chi connectivity index (χ2v) is 6.05. The van der Waals surface area contributed by atoms with E-state index in [1.54, 1.807) is 0 Å². The highest BCUT2D eigenvalue weighted by Crippen LogP contribution is 2.55. The van der Waals surface area contributed by atoms with Crippen LogP contribution in [0.4, 0.5) is 0 Å². The molecule has 0 saturated heterocycles. The molecule has 0 aromatic rings. The maximum atomic E-state index is 6.38. The van der Waals surface area contributed by atoms with Gasteiger partial charge in [0.1, 0.15) is 0 Å². The third-order valence-electron chi connectivity index (χ3n) is 5.33. The summed E-state index contributed by atoms with van der Waals surface area (Å²) in [4.78, 5) is 0. The number of hydrogen-bond donors (Lipinski definition) is 1. The van der Waals surface area contributed by atoms with Gasteiger partial charge in [0.2, 0.25) is 0 Å². The first kappa shape index (κ1) is 11.0. The SMILES string of the molecule is CNC1CC(OC2CCCC2)C12CCCC2. The average molecular weight is 223 g/mol. The molecule has 1 N–H and O–H groups in total. The van der Waals surface area contributed by atoms with Crippen LogP contribution in [-0.2, 0) is 4.74 Å². The monoisotopic (exact) mass is 223 g/mol. The summed E-state index contributed by atoms with van der Waals surface area (Å²) in [6.07, 6.45) is 13.5. The Hall–Kier alpha value is -0.0800. The summed E-state index contributed by atoms with van der Waals surface area (Å²) in [6.45, 7) is 0. The topological polar surface area (TPSA) is 21.3 Å². The second kappa shape index (κ2) is 4.30.